The van der Waals surface area contributed by atoms with Crippen LogP contribution in [0.25, 0.3) is 0 Å². The largest absolute Gasteiger partial charge is 0.334 e. The van der Waals surface area contributed by atoms with Crippen LogP contribution in [0, 0.1) is 0 Å². The van der Waals surface area contributed by atoms with E-state index < -0.39 is 10.0 Å². The van der Waals surface area contributed by atoms with Gasteiger partial charge in [0.25, 0.3) is 0 Å². The summed E-state index contributed by atoms with van der Waals surface area (Å²) in [6.45, 7) is 0.771. The molecule has 7 heteroatoms. The molecule has 0 bridgehead atoms. The van der Waals surface area contributed by atoms with Crippen LogP contribution in [0.3, 0.4) is 0 Å². The zero-order chi connectivity index (χ0) is 17.7. The van der Waals surface area contributed by atoms with Crippen molar-refractivity contribution in [1.82, 2.24) is 14.6 Å². The van der Waals surface area contributed by atoms with Gasteiger partial charge in [-0.1, -0.05) is 24.3 Å². The standard InChI is InChI=1S/C18H21N3O3S/c22-18(11-13-20-25(23,24)15-7-2-1-3-8-15)21-14-6-10-17(21)16-9-4-5-12-19-16/h1-5,7-9,12,17,20H,6,10-11,13-14H2. The van der Waals surface area contributed by atoms with Crippen molar-refractivity contribution in [2.75, 3.05) is 13.1 Å². The second-order valence-electron chi connectivity index (χ2n) is 5.96. The smallest absolute Gasteiger partial charge is 0.240 e. The van der Waals surface area contributed by atoms with Crippen molar-refractivity contribution in [2.45, 2.75) is 30.2 Å². The molecule has 1 aliphatic rings. The summed E-state index contributed by atoms with van der Waals surface area (Å²) in [5.74, 6) is -0.0519. The third kappa shape index (κ3) is 4.24. The number of benzene rings is 1. The number of pyridine rings is 1. The Balaban J connectivity index is 1.57. The molecule has 1 N–H and O–H groups in total. The molecule has 0 radical (unpaired) electrons. The lowest BCUT2D eigenvalue weighted by Gasteiger charge is -2.24. The summed E-state index contributed by atoms with van der Waals surface area (Å²) in [5.41, 5.74) is 0.887. The number of hydrogen-bond donors (Lipinski definition) is 1. The number of hydrogen-bond acceptors (Lipinski definition) is 4. The van der Waals surface area contributed by atoms with Crippen LogP contribution < -0.4 is 4.72 Å². The highest BCUT2D eigenvalue weighted by Crippen LogP contribution is 2.30. The number of sulfonamides is 1. The lowest BCUT2D eigenvalue weighted by molar-refractivity contribution is -0.132. The second-order valence-corrected chi connectivity index (χ2v) is 7.73. The predicted molar refractivity (Wildman–Crippen MR) is 94.2 cm³/mol. The minimum atomic E-state index is -3.58. The van der Waals surface area contributed by atoms with E-state index in [0.717, 1.165) is 18.5 Å². The molecule has 1 aliphatic heterocycles. The maximum absolute atomic E-state index is 12.5. The van der Waals surface area contributed by atoms with Gasteiger partial charge in [-0.25, -0.2) is 13.1 Å². The summed E-state index contributed by atoms with van der Waals surface area (Å²) in [5, 5.41) is 0. The molecular formula is C18H21N3O3S. The van der Waals surface area contributed by atoms with E-state index in [1.54, 1.807) is 29.3 Å². The average Bonchev–Trinajstić information content (AvgIpc) is 3.13. The van der Waals surface area contributed by atoms with Gasteiger partial charge in [0.2, 0.25) is 15.9 Å². The van der Waals surface area contributed by atoms with Crippen molar-refractivity contribution in [3.05, 3.63) is 60.4 Å². The lowest BCUT2D eigenvalue weighted by Crippen LogP contribution is -2.34. The Labute approximate surface area is 147 Å². The Morgan fingerprint density at radius 3 is 2.64 bits per heavy atom. The number of amides is 1. The van der Waals surface area contributed by atoms with Gasteiger partial charge in [-0.05, 0) is 37.1 Å². The molecule has 1 saturated heterocycles. The van der Waals surface area contributed by atoms with Crippen LogP contribution in [-0.2, 0) is 14.8 Å². The highest BCUT2D eigenvalue weighted by Gasteiger charge is 2.30. The zero-order valence-corrected chi connectivity index (χ0v) is 14.7. The summed E-state index contributed by atoms with van der Waals surface area (Å²) in [4.78, 5) is 18.9. The monoisotopic (exact) mass is 359 g/mol. The minimum absolute atomic E-state index is 0.0144. The van der Waals surface area contributed by atoms with Gasteiger partial charge < -0.3 is 4.90 Å². The van der Waals surface area contributed by atoms with Crippen LogP contribution in [0.5, 0.6) is 0 Å². The molecule has 1 unspecified atom stereocenters. The van der Waals surface area contributed by atoms with Gasteiger partial charge in [-0.3, -0.25) is 9.78 Å². The van der Waals surface area contributed by atoms with Crippen molar-refractivity contribution >= 4 is 15.9 Å². The zero-order valence-electron chi connectivity index (χ0n) is 13.8. The van der Waals surface area contributed by atoms with Crippen LogP contribution in [0.4, 0.5) is 0 Å². The summed E-state index contributed by atoms with van der Waals surface area (Å²) in [6, 6.07) is 13.8. The third-order valence-electron chi connectivity index (χ3n) is 4.29. The third-order valence-corrected chi connectivity index (χ3v) is 5.76. The maximum atomic E-state index is 12.5. The molecular weight excluding hydrogens is 338 g/mol. The molecule has 3 rings (SSSR count). The van der Waals surface area contributed by atoms with Crippen molar-refractivity contribution in [2.24, 2.45) is 0 Å². The fourth-order valence-corrected chi connectivity index (χ4v) is 4.12. The van der Waals surface area contributed by atoms with Gasteiger partial charge in [-0.2, -0.15) is 0 Å². The van der Waals surface area contributed by atoms with Gasteiger partial charge in [0.1, 0.15) is 0 Å². The van der Waals surface area contributed by atoms with Crippen molar-refractivity contribution < 1.29 is 13.2 Å². The highest BCUT2D eigenvalue weighted by atomic mass is 32.2. The number of likely N-dealkylation sites (tertiary alicyclic amines) is 1. The summed E-state index contributed by atoms with van der Waals surface area (Å²) in [7, 11) is -3.58. The van der Waals surface area contributed by atoms with E-state index >= 15 is 0 Å². The molecule has 1 atom stereocenters. The fourth-order valence-electron chi connectivity index (χ4n) is 3.06. The quantitative estimate of drug-likeness (QED) is 0.857. The number of nitrogens with zero attached hydrogens (tertiary/aromatic N) is 2. The average molecular weight is 359 g/mol. The van der Waals surface area contributed by atoms with E-state index in [-0.39, 0.29) is 29.8 Å². The van der Waals surface area contributed by atoms with E-state index in [2.05, 4.69) is 9.71 Å². The normalized spacial score (nSPS) is 17.6. The molecule has 2 heterocycles. The Morgan fingerprint density at radius 1 is 1.16 bits per heavy atom. The predicted octanol–water partition coefficient (Wildman–Crippen LogP) is 2.11. The van der Waals surface area contributed by atoms with Crippen molar-refractivity contribution in [3.8, 4) is 0 Å². The van der Waals surface area contributed by atoms with Crippen LogP contribution in [-0.4, -0.2) is 37.3 Å². The minimum Gasteiger partial charge on any atom is -0.334 e. The fraction of sp³-hybridized carbons (Fsp3) is 0.333. The van der Waals surface area contributed by atoms with E-state index in [9.17, 15) is 13.2 Å². The molecule has 0 aliphatic carbocycles. The Kier molecular flexibility index (Phi) is 5.45. The Bertz CT molecular complexity index is 810. The van der Waals surface area contributed by atoms with Gasteiger partial charge in [0, 0.05) is 25.7 Å². The van der Waals surface area contributed by atoms with E-state index in [4.69, 9.17) is 0 Å². The summed E-state index contributed by atoms with van der Waals surface area (Å²) < 4.78 is 26.8. The molecule has 0 saturated carbocycles. The van der Waals surface area contributed by atoms with Crippen LogP contribution in [0.15, 0.2) is 59.6 Å². The molecule has 0 spiro atoms. The molecule has 1 aromatic heterocycles. The van der Waals surface area contributed by atoms with Gasteiger partial charge in [-0.15, -0.1) is 0 Å². The molecule has 1 amide bonds. The number of nitrogens with one attached hydrogen (secondary N) is 1. The Morgan fingerprint density at radius 2 is 1.92 bits per heavy atom. The van der Waals surface area contributed by atoms with E-state index in [1.165, 1.54) is 12.1 Å². The first-order valence-corrected chi connectivity index (χ1v) is 9.81. The van der Waals surface area contributed by atoms with E-state index in [0.29, 0.717) is 6.54 Å². The number of carbonyl (C=O) groups excluding carboxylic acids is 1. The first-order valence-electron chi connectivity index (χ1n) is 8.33. The number of carbonyl (C=O) groups is 1. The molecule has 1 aromatic carbocycles. The van der Waals surface area contributed by atoms with Crippen LogP contribution in [0.2, 0.25) is 0 Å². The van der Waals surface area contributed by atoms with Crippen molar-refractivity contribution in [1.29, 1.82) is 0 Å². The molecule has 6 nitrogen and oxygen atoms in total. The molecule has 2 aromatic rings. The summed E-state index contributed by atoms with van der Waals surface area (Å²) >= 11 is 0. The molecule has 25 heavy (non-hydrogen) atoms. The van der Waals surface area contributed by atoms with Crippen molar-refractivity contribution in [3.63, 3.8) is 0 Å². The number of aromatic nitrogens is 1. The van der Waals surface area contributed by atoms with E-state index in [1.807, 2.05) is 18.2 Å². The second kappa shape index (κ2) is 7.76. The first-order chi connectivity index (χ1) is 12.1. The molecule has 1 fully saturated rings. The Hall–Kier alpha value is -2.25. The van der Waals surface area contributed by atoms with Gasteiger partial charge in [0.05, 0.1) is 16.6 Å². The van der Waals surface area contributed by atoms with Gasteiger partial charge >= 0.3 is 0 Å². The lowest BCUT2D eigenvalue weighted by atomic mass is 10.1. The SMILES string of the molecule is O=C(CCNS(=O)(=O)c1ccccc1)N1CCCC1c1ccccn1. The van der Waals surface area contributed by atoms with Gasteiger partial charge in [0.15, 0.2) is 0 Å². The highest BCUT2D eigenvalue weighted by molar-refractivity contribution is 7.89. The topological polar surface area (TPSA) is 79.4 Å². The first kappa shape index (κ1) is 17.6. The summed E-state index contributed by atoms with van der Waals surface area (Å²) in [6.07, 6.45) is 3.68. The maximum Gasteiger partial charge on any atom is 0.240 e. The molecule has 132 valence electrons. The number of rotatable bonds is 6. The van der Waals surface area contributed by atoms with Crippen LogP contribution in [0.1, 0.15) is 31.0 Å². The van der Waals surface area contributed by atoms with Crippen LogP contribution >= 0.6 is 0 Å².